The van der Waals surface area contributed by atoms with Gasteiger partial charge in [-0.2, -0.15) is 0 Å². The Morgan fingerprint density at radius 2 is 2.15 bits per heavy atom. The van der Waals surface area contributed by atoms with Gasteiger partial charge in [-0.05, 0) is 37.1 Å². The van der Waals surface area contributed by atoms with Crippen LogP contribution in [0.2, 0.25) is 0 Å². The zero-order valence-corrected chi connectivity index (χ0v) is 9.52. The van der Waals surface area contributed by atoms with E-state index in [9.17, 15) is 8.42 Å². The molecule has 4 heteroatoms. The molecule has 0 amide bonds. The minimum atomic E-state index is -3.02. The van der Waals surface area contributed by atoms with Gasteiger partial charge < -0.3 is 0 Å². The topological polar surface area (TPSA) is 34.1 Å². The smallest absolute Gasteiger partial charge is 0.181 e. The molecule has 0 bridgehead atoms. The molecule has 0 saturated heterocycles. The fourth-order valence-corrected chi connectivity index (χ4v) is 3.63. The summed E-state index contributed by atoms with van der Waals surface area (Å²) in [4.78, 5) is 0.503. The van der Waals surface area contributed by atoms with Gasteiger partial charge in [0.15, 0.2) is 9.84 Å². The maximum Gasteiger partial charge on any atom is 0.181 e. The summed E-state index contributed by atoms with van der Waals surface area (Å²) in [6, 6.07) is 5.34. The van der Waals surface area contributed by atoms with Gasteiger partial charge in [0, 0.05) is 4.47 Å². The van der Waals surface area contributed by atoms with Crippen LogP contribution in [0.5, 0.6) is 0 Å². The molecule has 0 fully saturated rings. The van der Waals surface area contributed by atoms with E-state index < -0.39 is 9.84 Å². The molecule has 0 N–H and O–H groups in total. The van der Waals surface area contributed by atoms with E-state index in [-0.39, 0.29) is 5.25 Å². The van der Waals surface area contributed by atoms with Gasteiger partial charge in [-0.25, -0.2) is 8.42 Å². The third-order valence-corrected chi connectivity index (χ3v) is 5.10. The molecule has 0 aromatic heterocycles. The van der Waals surface area contributed by atoms with E-state index in [1.165, 1.54) is 0 Å². The summed E-state index contributed by atoms with van der Waals surface area (Å²) in [6.45, 7) is 1.75. The molecule has 0 spiro atoms. The van der Waals surface area contributed by atoms with Gasteiger partial charge in [0.05, 0.1) is 10.1 Å². The van der Waals surface area contributed by atoms with E-state index in [0.29, 0.717) is 11.3 Å². The standard InChI is InChI=1S/C9H9BrO2S/c1-6-4-7-5-8(10)2-3-9(7)13(6,11)12/h2-3,5-6H,4H2,1H3. The van der Waals surface area contributed by atoms with Crippen LogP contribution >= 0.6 is 15.9 Å². The summed E-state index contributed by atoms with van der Waals surface area (Å²) >= 11 is 3.33. The first-order valence-corrected chi connectivity index (χ1v) is 6.38. The van der Waals surface area contributed by atoms with E-state index in [1.54, 1.807) is 19.1 Å². The van der Waals surface area contributed by atoms with Gasteiger partial charge in [-0.1, -0.05) is 15.9 Å². The molecule has 2 rings (SSSR count). The molecular weight excluding hydrogens is 252 g/mol. The van der Waals surface area contributed by atoms with E-state index >= 15 is 0 Å². The van der Waals surface area contributed by atoms with Gasteiger partial charge in [0.25, 0.3) is 0 Å². The third-order valence-electron chi connectivity index (χ3n) is 2.37. The number of sulfone groups is 1. The lowest BCUT2D eigenvalue weighted by Crippen LogP contribution is -2.11. The molecule has 0 radical (unpaired) electrons. The predicted molar refractivity (Wildman–Crippen MR) is 54.5 cm³/mol. The Bertz CT molecular complexity index is 451. The lowest BCUT2D eigenvalue weighted by Gasteiger charge is -1.99. The summed E-state index contributed by atoms with van der Waals surface area (Å²) in [6.07, 6.45) is 0.636. The largest absolute Gasteiger partial charge is 0.223 e. The first-order valence-electron chi connectivity index (χ1n) is 4.04. The number of rotatable bonds is 0. The van der Waals surface area contributed by atoms with Crippen molar-refractivity contribution in [1.29, 1.82) is 0 Å². The molecule has 13 heavy (non-hydrogen) atoms. The minimum absolute atomic E-state index is 0.267. The maximum absolute atomic E-state index is 11.7. The van der Waals surface area contributed by atoms with Crippen molar-refractivity contribution in [2.45, 2.75) is 23.5 Å². The van der Waals surface area contributed by atoms with Crippen molar-refractivity contribution >= 4 is 25.8 Å². The fourth-order valence-electron chi connectivity index (χ4n) is 1.62. The van der Waals surface area contributed by atoms with Crippen molar-refractivity contribution in [3.8, 4) is 0 Å². The number of hydrogen-bond donors (Lipinski definition) is 0. The molecule has 1 unspecified atom stereocenters. The number of hydrogen-bond acceptors (Lipinski definition) is 2. The Balaban J connectivity index is 2.69. The van der Waals surface area contributed by atoms with E-state index in [0.717, 1.165) is 10.0 Å². The first-order chi connectivity index (χ1) is 6.01. The molecule has 1 aromatic rings. The average molecular weight is 261 g/mol. The van der Waals surface area contributed by atoms with Crippen molar-refractivity contribution < 1.29 is 8.42 Å². The van der Waals surface area contributed by atoms with Crippen molar-refractivity contribution in [3.63, 3.8) is 0 Å². The van der Waals surface area contributed by atoms with Crippen molar-refractivity contribution in [2.24, 2.45) is 0 Å². The Morgan fingerprint density at radius 1 is 1.46 bits per heavy atom. The van der Waals surface area contributed by atoms with Crippen LogP contribution in [0.4, 0.5) is 0 Å². The van der Waals surface area contributed by atoms with Crippen LogP contribution in [-0.4, -0.2) is 13.7 Å². The van der Waals surface area contributed by atoms with Crippen LogP contribution in [0.1, 0.15) is 12.5 Å². The Kier molecular flexibility index (Phi) is 2.00. The molecule has 1 aliphatic rings. The first kappa shape index (κ1) is 9.21. The highest BCUT2D eigenvalue weighted by Crippen LogP contribution is 2.32. The zero-order chi connectivity index (χ0) is 9.64. The van der Waals surface area contributed by atoms with Crippen LogP contribution in [0.25, 0.3) is 0 Å². The number of benzene rings is 1. The highest BCUT2D eigenvalue weighted by atomic mass is 79.9. The van der Waals surface area contributed by atoms with Crippen molar-refractivity contribution in [1.82, 2.24) is 0 Å². The third kappa shape index (κ3) is 1.32. The zero-order valence-electron chi connectivity index (χ0n) is 7.12. The van der Waals surface area contributed by atoms with Crippen LogP contribution in [0, 0.1) is 0 Å². The second-order valence-corrected chi connectivity index (χ2v) is 6.56. The van der Waals surface area contributed by atoms with Crippen LogP contribution < -0.4 is 0 Å². The lowest BCUT2D eigenvalue weighted by molar-refractivity contribution is 0.590. The molecule has 70 valence electrons. The fraction of sp³-hybridized carbons (Fsp3) is 0.333. The second kappa shape index (κ2) is 2.82. The summed E-state index contributed by atoms with van der Waals surface area (Å²) in [7, 11) is -3.02. The highest BCUT2D eigenvalue weighted by molar-refractivity contribution is 9.10. The molecule has 1 aromatic carbocycles. The Hall–Kier alpha value is -0.350. The van der Waals surface area contributed by atoms with E-state index in [1.807, 2.05) is 6.07 Å². The molecule has 0 saturated carbocycles. The van der Waals surface area contributed by atoms with Crippen LogP contribution in [-0.2, 0) is 16.3 Å². The molecule has 2 nitrogen and oxygen atoms in total. The summed E-state index contributed by atoms with van der Waals surface area (Å²) in [5.41, 5.74) is 0.932. The van der Waals surface area contributed by atoms with Gasteiger partial charge in [0.1, 0.15) is 0 Å². The summed E-state index contributed by atoms with van der Waals surface area (Å²) in [5, 5.41) is -0.267. The molecule has 0 aliphatic carbocycles. The number of halogens is 1. The monoisotopic (exact) mass is 260 g/mol. The summed E-state index contributed by atoms with van der Waals surface area (Å²) < 4.78 is 24.3. The highest BCUT2D eigenvalue weighted by Gasteiger charge is 2.33. The molecule has 1 aliphatic heterocycles. The quantitative estimate of drug-likeness (QED) is 0.717. The van der Waals surface area contributed by atoms with Crippen molar-refractivity contribution in [2.75, 3.05) is 0 Å². The predicted octanol–water partition coefficient (Wildman–Crippen LogP) is 2.17. The Labute approximate surface area is 86.0 Å². The van der Waals surface area contributed by atoms with Crippen LogP contribution in [0.15, 0.2) is 27.6 Å². The SMILES string of the molecule is CC1Cc2cc(Br)ccc2S1(=O)=O. The Morgan fingerprint density at radius 3 is 2.85 bits per heavy atom. The van der Waals surface area contributed by atoms with Crippen LogP contribution in [0.3, 0.4) is 0 Å². The van der Waals surface area contributed by atoms with Gasteiger partial charge in [-0.15, -0.1) is 0 Å². The molecule has 1 atom stereocenters. The van der Waals surface area contributed by atoms with Gasteiger partial charge in [0.2, 0.25) is 0 Å². The molecular formula is C9H9BrO2S. The van der Waals surface area contributed by atoms with Gasteiger partial charge >= 0.3 is 0 Å². The second-order valence-electron chi connectivity index (χ2n) is 3.31. The number of fused-ring (bicyclic) bond motifs is 1. The average Bonchev–Trinajstić information content (AvgIpc) is 2.23. The van der Waals surface area contributed by atoms with E-state index in [2.05, 4.69) is 15.9 Å². The summed E-state index contributed by atoms with van der Waals surface area (Å²) in [5.74, 6) is 0. The van der Waals surface area contributed by atoms with Crippen molar-refractivity contribution in [3.05, 3.63) is 28.2 Å². The maximum atomic E-state index is 11.7. The lowest BCUT2D eigenvalue weighted by atomic mass is 10.1. The van der Waals surface area contributed by atoms with Gasteiger partial charge in [-0.3, -0.25) is 0 Å². The minimum Gasteiger partial charge on any atom is -0.223 e. The normalized spacial score (nSPS) is 24.3. The van der Waals surface area contributed by atoms with E-state index in [4.69, 9.17) is 0 Å². The molecule has 1 heterocycles.